The van der Waals surface area contributed by atoms with Crippen molar-refractivity contribution in [1.29, 1.82) is 5.26 Å². The van der Waals surface area contributed by atoms with Crippen molar-refractivity contribution in [3.8, 4) is 23.4 Å². The maximum Gasteiger partial charge on any atom is 0.243 e. The SMILES string of the molecule is COc1cc(C2=NN(CCCCN=C(NC#N)SC)C(=O)CC2)cc(OC)c1OC. The molecule has 0 aliphatic carbocycles. The molecule has 1 aromatic carbocycles. The van der Waals surface area contributed by atoms with Gasteiger partial charge in [-0.2, -0.15) is 10.4 Å². The predicted octanol–water partition coefficient (Wildman–Crippen LogP) is 2.61. The number of nitrogens with zero attached hydrogens (tertiary/aromatic N) is 4. The highest BCUT2D eigenvalue weighted by atomic mass is 32.2. The topological polar surface area (TPSA) is 109 Å². The number of carbonyl (C=O) groups excluding carboxylic acids is 1. The van der Waals surface area contributed by atoms with Crippen molar-refractivity contribution in [2.45, 2.75) is 25.7 Å². The molecule has 10 heteroatoms. The fraction of sp³-hybridized carbons (Fsp3) is 0.500. The molecule has 1 aromatic rings. The summed E-state index contributed by atoms with van der Waals surface area (Å²) in [5.41, 5.74) is 1.63. The second-order valence-corrected chi connectivity index (χ2v) is 7.11. The lowest BCUT2D eigenvalue weighted by molar-refractivity contribution is -0.131. The van der Waals surface area contributed by atoms with Crippen LogP contribution in [0.1, 0.15) is 31.2 Å². The smallest absolute Gasteiger partial charge is 0.243 e. The normalized spacial score (nSPS) is 14.1. The molecule has 0 unspecified atom stereocenters. The Labute approximate surface area is 181 Å². The minimum atomic E-state index is 0.00522. The minimum Gasteiger partial charge on any atom is -0.493 e. The summed E-state index contributed by atoms with van der Waals surface area (Å²) < 4.78 is 16.2. The lowest BCUT2D eigenvalue weighted by atomic mass is 10.0. The maximum atomic E-state index is 12.3. The number of rotatable bonds is 9. The highest BCUT2D eigenvalue weighted by Crippen LogP contribution is 2.39. The Hall–Kier alpha value is -2.93. The number of methoxy groups -OCH3 is 3. The van der Waals surface area contributed by atoms with Gasteiger partial charge in [-0.1, -0.05) is 11.8 Å². The van der Waals surface area contributed by atoms with Crippen LogP contribution in [0.25, 0.3) is 0 Å². The highest BCUT2D eigenvalue weighted by molar-refractivity contribution is 8.13. The molecule has 1 aliphatic rings. The molecule has 0 aromatic heterocycles. The Morgan fingerprint density at radius 2 is 1.93 bits per heavy atom. The number of thioether (sulfide) groups is 1. The van der Waals surface area contributed by atoms with Crippen LogP contribution in [-0.4, -0.2) is 62.5 Å². The zero-order chi connectivity index (χ0) is 21.9. The summed E-state index contributed by atoms with van der Waals surface area (Å²) in [6.45, 7) is 1.10. The monoisotopic (exact) mass is 433 g/mol. The fourth-order valence-corrected chi connectivity index (χ4v) is 3.36. The van der Waals surface area contributed by atoms with Crippen LogP contribution in [0.5, 0.6) is 17.2 Å². The number of nitrogens with one attached hydrogen (secondary N) is 1. The Morgan fingerprint density at radius 1 is 1.23 bits per heavy atom. The van der Waals surface area contributed by atoms with Crippen LogP contribution in [0.3, 0.4) is 0 Å². The van der Waals surface area contributed by atoms with Crippen LogP contribution in [0.2, 0.25) is 0 Å². The number of hydrazone groups is 1. The van der Waals surface area contributed by atoms with Gasteiger partial charge in [-0.3, -0.25) is 15.1 Å². The molecule has 0 atom stereocenters. The summed E-state index contributed by atoms with van der Waals surface area (Å²) >= 11 is 1.39. The van der Waals surface area contributed by atoms with Crippen LogP contribution >= 0.6 is 11.8 Å². The highest BCUT2D eigenvalue weighted by Gasteiger charge is 2.23. The standard InChI is InChI=1S/C20H27N5O4S/c1-27-16-11-14(12-17(28-2)19(16)29-3)15-7-8-18(26)25(24-15)10-6-5-9-22-20(30-4)23-13-21/h11-12H,5-10H2,1-4H3,(H,22,23). The van der Waals surface area contributed by atoms with E-state index in [1.165, 1.54) is 16.8 Å². The number of carbonyl (C=O) groups is 1. The van der Waals surface area contributed by atoms with E-state index in [4.69, 9.17) is 19.5 Å². The van der Waals surface area contributed by atoms with E-state index >= 15 is 0 Å². The van der Waals surface area contributed by atoms with E-state index in [2.05, 4.69) is 15.4 Å². The minimum absolute atomic E-state index is 0.00522. The molecule has 0 bridgehead atoms. The number of hydrogen-bond donors (Lipinski definition) is 1. The maximum absolute atomic E-state index is 12.3. The Bertz CT molecular complexity index is 825. The average Bonchev–Trinajstić information content (AvgIpc) is 2.78. The van der Waals surface area contributed by atoms with Gasteiger partial charge in [0.2, 0.25) is 11.7 Å². The second kappa shape index (κ2) is 11.9. The zero-order valence-corrected chi connectivity index (χ0v) is 18.5. The third kappa shape index (κ3) is 6.03. The van der Waals surface area contributed by atoms with Crippen molar-refractivity contribution in [3.05, 3.63) is 17.7 Å². The first-order valence-electron chi connectivity index (χ1n) is 9.49. The third-order valence-corrected chi connectivity index (χ3v) is 5.11. The van der Waals surface area contributed by atoms with Crippen LogP contribution in [-0.2, 0) is 4.79 Å². The van der Waals surface area contributed by atoms with Gasteiger partial charge in [0.25, 0.3) is 0 Å². The van der Waals surface area contributed by atoms with Crippen LogP contribution in [0.15, 0.2) is 22.2 Å². The summed E-state index contributed by atoms with van der Waals surface area (Å²) in [5.74, 6) is 1.62. The van der Waals surface area contributed by atoms with Crippen molar-refractivity contribution in [1.82, 2.24) is 10.3 Å². The molecule has 1 N–H and O–H groups in total. The van der Waals surface area contributed by atoms with Crippen LogP contribution in [0, 0.1) is 11.5 Å². The molecular weight excluding hydrogens is 406 g/mol. The fourth-order valence-electron chi connectivity index (χ4n) is 2.99. The van der Waals surface area contributed by atoms with E-state index in [1.807, 2.05) is 24.6 Å². The molecular formula is C20H27N5O4S. The van der Waals surface area contributed by atoms with Gasteiger partial charge in [0.15, 0.2) is 22.9 Å². The van der Waals surface area contributed by atoms with E-state index in [9.17, 15) is 4.79 Å². The van der Waals surface area contributed by atoms with Crippen LogP contribution in [0.4, 0.5) is 0 Å². The number of benzene rings is 1. The molecule has 0 saturated heterocycles. The van der Waals surface area contributed by atoms with Gasteiger partial charge < -0.3 is 14.2 Å². The van der Waals surface area contributed by atoms with Crippen molar-refractivity contribution in [2.24, 2.45) is 10.1 Å². The van der Waals surface area contributed by atoms with E-state index in [1.54, 1.807) is 21.3 Å². The largest absolute Gasteiger partial charge is 0.493 e. The van der Waals surface area contributed by atoms with Crippen molar-refractivity contribution >= 4 is 28.5 Å². The molecule has 30 heavy (non-hydrogen) atoms. The van der Waals surface area contributed by atoms with Gasteiger partial charge in [-0.15, -0.1) is 0 Å². The molecule has 0 radical (unpaired) electrons. The predicted molar refractivity (Wildman–Crippen MR) is 117 cm³/mol. The number of unbranched alkanes of at least 4 members (excludes halogenated alkanes) is 1. The Kier molecular flexibility index (Phi) is 9.28. The van der Waals surface area contributed by atoms with Gasteiger partial charge in [0.05, 0.1) is 27.0 Å². The number of aliphatic imine (C=N–C) groups is 1. The molecule has 0 spiro atoms. The first-order valence-corrected chi connectivity index (χ1v) is 10.7. The molecule has 162 valence electrons. The van der Waals surface area contributed by atoms with E-state index in [-0.39, 0.29) is 5.91 Å². The first kappa shape index (κ1) is 23.3. The number of amidine groups is 1. The number of hydrogen-bond acceptors (Lipinski definition) is 8. The molecule has 1 amide bonds. The molecule has 0 fully saturated rings. The molecule has 2 rings (SSSR count). The third-order valence-electron chi connectivity index (χ3n) is 4.49. The van der Waals surface area contributed by atoms with Crippen molar-refractivity contribution in [2.75, 3.05) is 40.7 Å². The van der Waals surface area contributed by atoms with E-state index < -0.39 is 0 Å². The van der Waals surface area contributed by atoms with Crippen molar-refractivity contribution < 1.29 is 19.0 Å². The van der Waals surface area contributed by atoms with Crippen LogP contribution < -0.4 is 19.5 Å². The summed E-state index contributed by atoms with van der Waals surface area (Å²) in [6, 6.07) is 3.68. The number of amides is 1. The van der Waals surface area contributed by atoms with Gasteiger partial charge in [-0.05, 0) is 31.2 Å². The van der Waals surface area contributed by atoms with Gasteiger partial charge in [-0.25, -0.2) is 5.01 Å². The summed E-state index contributed by atoms with van der Waals surface area (Å²) in [6.07, 6.45) is 6.22. The van der Waals surface area contributed by atoms with E-state index in [0.717, 1.165) is 24.1 Å². The summed E-state index contributed by atoms with van der Waals surface area (Å²) in [4.78, 5) is 16.6. The zero-order valence-electron chi connectivity index (χ0n) is 17.7. The number of nitriles is 1. The number of ether oxygens (including phenoxy) is 3. The summed E-state index contributed by atoms with van der Waals surface area (Å²) in [7, 11) is 4.69. The molecule has 1 heterocycles. The Morgan fingerprint density at radius 3 is 2.50 bits per heavy atom. The van der Waals surface area contributed by atoms with Gasteiger partial charge in [0, 0.05) is 31.5 Å². The van der Waals surface area contributed by atoms with Crippen molar-refractivity contribution in [3.63, 3.8) is 0 Å². The van der Waals surface area contributed by atoms with Gasteiger partial charge in [0.1, 0.15) is 0 Å². The lowest BCUT2D eigenvalue weighted by Gasteiger charge is -2.24. The Balaban J connectivity index is 2.08. The lowest BCUT2D eigenvalue weighted by Crippen LogP contribution is -2.32. The van der Waals surface area contributed by atoms with E-state index in [0.29, 0.717) is 48.3 Å². The summed E-state index contributed by atoms with van der Waals surface area (Å²) in [5, 5.41) is 17.9. The molecule has 1 aliphatic heterocycles. The second-order valence-electron chi connectivity index (χ2n) is 6.31. The van der Waals surface area contributed by atoms with Gasteiger partial charge >= 0.3 is 0 Å². The molecule has 0 saturated carbocycles. The quantitative estimate of drug-likeness (QED) is 0.210. The molecule has 9 nitrogen and oxygen atoms in total. The average molecular weight is 434 g/mol. The first-order chi connectivity index (χ1) is 14.6.